The third-order valence-corrected chi connectivity index (χ3v) is 11.5. The van der Waals surface area contributed by atoms with Crippen LogP contribution in [0.4, 0.5) is 30.4 Å². The molecule has 2 atom stereocenters. The lowest BCUT2D eigenvalue weighted by Crippen LogP contribution is -2.53. The average Bonchev–Trinajstić information content (AvgIpc) is 4.01. The number of pyridine rings is 1. The van der Waals surface area contributed by atoms with Gasteiger partial charge in [0, 0.05) is 50.0 Å². The lowest BCUT2D eigenvalue weighted by Gasteiger charge is -2.35. The Morgan fingerprint density at radius 3 is 2.59 bits per heavy atom. The monoisotopic (exact) mass is 957 g/mol. The number of likely N-dealkylation sites (tertiary alicyclic amines) is 1. The van der Waals surface area contributed by atoms with Crippen molar-refractivity contribution in [2.75, 3.05) is 69.0 Å². The van der Waals surface area contributed by atoms with E-state index in [1.807, 2.05) is 12.1 Å². The highest BCUT2D eigenvalue weighted by atomic mass is 19.4. The van der Waals surface area contributed by atoms with E-state index in [0.717, 1.165) is 37.6 Å². The standard InChI is InChI=1S/C46H50F3N11O9/c1-58(37-12-13-39(62)56-43(37)65)45(66)32-6-4-7-34(33(32)23-61)51-16-19-67-20-18-59-17-3-2-5-31(59)25-68-24-28-8-10-30(11-9-28)60-22-35(40(57-60)41(50)63)54-42(64)36-26-69-44(55-36)29-14-15-52-38(21-29)53-27-46(47,48)49/h4,6-11,14-15,21-23,26,31,37,51H,2-3,5,12-13,16-20,24-25,27H2,1H3,(H2,50,63)(H,52,53)(H,54,64)(H,56,62,65). The van der Waals surface area contributed by atoms with Gasteiger partial charge in [0.25, 0.3) is 17.7 Å². The lowest BCUT2D eigenvalue weighted by atomic mass is 10.0. The number of anilines is 3. The van der Waals surface area contributed by atoms with Gasteiger partial charge >= 0.3 is 6.18 Å². The van der Waals surface area contributed by atoms with Crippen molar-refractivity contribution in [3.63, 3.8) is 0 Å². The van der Waals surface area contributed by atoms with Crippen LogP contribution < -0.4 is 27.0 Å². The van der Waals surface area contributed by atoms with E-state index in [1.54, 1.807) is 24.3 Å². The summed E-state index contributed by atoms with van der Waals surface area (Å²) in [6.07, 6.45) is 3.32. The molecule has 2 saturated heterocycles. The van der Waals surface area contributed by atoms with Crippen molar-refractivity contribution in [3.8, 4) is 17.1 Å². The summed E-state index contributed by atoms with van der Waals surface area (Å²) in [5.41, 5.74) is 7.69. The van der Waals surface area contributed by atoms with Crippen LogP contribution in [0.25, 0.3) is 17.1 Å². The van der Waals surface area contributed by atoms with Crippen LogP contribution in [0.3, 0.4) is 0 Å². The maximum Gasteiger partial charge on any atom is 0.405 e. The van der Waals surface area contributed by atoms with Crippen molar-refractivity contribution in [1.29, 1.82) is 0 Å². The summed E-state index contributed by atoms with van der Waals surface area (Å²) < 4.78 is 56.8. The number of hydrogen-bond donors (Lipinski definition) is 5. The minimum atomic E-state index is -4.45. The number of halogens is 3. The second kappa shape index (κ2) is 22.5. The molecule has 5 amide bonds. The quantitative estimate of drug-likeness (QED) is 0.0387. The third-order valence-electron chi connectivity index (χ3n) is 11.5. The topological polar surface area (TPSA) is 258 Å². The maximum absolute atomic E-state index is 13.3. The van der Waals surface area contributed by atoms with Gasteiger partial charge in [0.15, 0.2) is 17.7 Å². The summed E-state index contributed by atoms with van der Waals surface area (Å²) in [5, 5.41) is 14.4. The van der Waals surface area contributed by atoms with Crippen molar-refractivity contribution in [2.45, 2.75) is 57.0 Å². The maximum atomic E-state index is 13.3. The molecule has 5 heterocycles. The fourth-order valence-corrected chi connectivity index (χ4v) is 7.89. The van der Waals surface area contributed by atoms with Crippen molar-refractivity contribution in [2.24, 2.45) is 5.73 Å². The number of nitrogens with two attached hydrogens (primary N) is 1. The molecule has 3 aromatic heterocycles. The van der Waals surface area contributed by atoms with Gasteiger partial charge in [-0.15, -0.1) is 0 Å². The number of aromatic nitrogens is 4. The van der Waals surface area contributed by atoms with E-state index >= 15 is 0 Å². The van der Waals surface area contributed by atoms with E-state index in [2.05, 4.69) is 41.2 Å². The molecule has 0 spiro atoms. The first-order valence-electron chi connectivity index (χ1n) is 22.0. The van der Waals surface area contributed by atoms with Crippen LogP contribution in [0.5, 0.6) is 0 Å². The van der Waals surface area contributed by atoms with E-state index in [0.29, 0.717) is 57.2 Å². The Bertz CT molecular complexity index is 2660. The molecule has 364 valence electrons. The molecule has 23 heteroatoms. The van der Waals surface area contributed by atoms with Crippen LogP contribution in [-0.4, -0.2) is 137 Å². The predicted molar refractivity (Wildman–Crippen MR) is 243 cm³/mol. The summed E-state index contributed by atoms with van der Waals surface area (Å²) >= 11 is 0. The van der Waals surface area contributed by atoms with Crippen LogP contribution in [0, 0.1) is 0 Å². The number of alkyl halides is 3. The number of piperidine rings is 2. The van der Waals surface area contributed by atoms with Gasteiger partial charge in [-0.25, -0.2) is 14.6 Å². The highest BCUT2D eigenvalue weighted by Gasteiger charge is 2.34. The highest BCUT2D eigenvalue weighted by Crippen LogP contribution is 2.26. The molecule has 0 aliphatic carbocycles. The molecule has 2 fully saturated rings. The number of ether oxygens (including phenoxy) is 2. The van der Waals surface area contributed by atoms with Crippen molar-refractivity contribution in [1.82, 2.24) is 34.9 Å². The van der Waals surface area contributed by atoms with E-state index < -0.39 is 42.4 Å². The van der Waals surface area contributed by atoms with E-state index in [9.17, 15) is 41.9 Å². The molecule has 5 aromatic rings. The zero-order chi connectivity index (χ0) is 49.1. The number of benzene rings is 2. The van der Waals surface area contributed by atoms with Gasteiger partial charge in [-0.2, -0.15) is 18.3 Å². The molecule has 6 N–H and O–H groups in total. The van der Waals surface area contributed by atoms with Gasteiger partial charge in [0.05, 0.1) is 55.1 Å². The van der Waals surface area contributed by atoms with Gasteiger partial charge < -0.3 is 40.5 Å². The molecule has 0 saturated carbocycles. The Labute approximate surface area is 393 Å². The van der Waals surface area contributed by atoms with Crippen molar-refractivity contribution in [3.05, 3.63) is 101 Å². The van der Waals surface area contributed by atoms with Gasteiger partial charge in [-0.3, -0.25) is 39.0 Å². The number of carbonyl (C=O) groups is 6. The number of nitrogens with one attached hydrogen (secondary N) is 4. The smallest absolute Gasteiger partial charge is 0.405 e. The van der Waals surface area contributed by atoms with Crippen LogP contribution in [0.2, 0.25) is 0 Å². The fourth-order valence-electron chi connectivity index (χ4n) is 7.89. The average molecular weight is 958 g/mol. The normalized spacial score (nSPS) is 16.4. The fraction of sp³-hybridized carbons (Fsp3) is 0.370. The van der Waals surface area contributed by atoms with Gasteiger partial charge in [0.2, 0.25) is 17.7 Å². The molecule has 20 nitrogen and oxygen atoms in total. The number of primary amides is 1. The number of hydrogen-bond acceptors (Lipinski definition) is 15. The number of imide groups is 1. The number of oxazole rings is 1. The molecule has 7 rings (SSSR count). The van der Waals surface area contributed by atoms with Crippen molar-refractivity contribution >= 4 is 53.0 Å². The van der Waals surface area contributed by atoms with E-state index in [4.69, 9.17) is 19.6 Å². The summed E-state index contributed by atoms with van der Waals surface area (Å²) in [7, 11) is 1.47. The SMILES string of the molecule is CN(C(=O)c1cccc(NCCOCCN2CCCCC2COCc2ccc(-n3cc(NC(=O)c4coc(-c5ccnc(NCC(F)(F)F)c5)n4)c(C(N)=O)n3)cc2)c1C=O)C1CCC(=O)NC1=O. The Balaban J connectivity index is 0.853. The summed E-state index contributed by atoms with van der Waals surface area (Å²) in [4.78, 5) is 86.5. The van der Waals surface area contributed by atoms with Crippen LogP contribution in [-0.2, 0) is 25.7 Å². The second-order valence-electron chi connectivity index (χ2n) is 16.3. The third kappa shape index (κ3) is 12.9. The van der Waals surface area contributed by atoms with E-state index in [-0.39, 0.29) is 70.3 Å². The number of carbonyl (C=O) groups excluding carboxylic acids is 6. The van der Waals surface area contributed by atoms with Gasteiger partial charge in [0.1, 0.15) is 24.7 Å². The van der Waals surface area contributed by atoms with Gasteiger partial charge in [-0.1, -0.05) is 24.6 Å². The summed E-state index contributed by atoms with van der Waals surface area (Å²) in [5.74, 6) is -3.22. The Hall–Kier alpha value is -7.50. The Morgan fingerprint density at radius 2 is 1.84 bits per heavy atom. The number of likely N-dealkylation sites (N-methyl/N-ethyl adjacent to an activating group) is 1. The molecule has 2 unspecified atom stereocenters. The summed E-state index contributed by atoms with van der Waals surface area (Å²) in [6, 6.07) is 14.2. The predicted octanol–water partition coefficient (Wildman–Crippen LogP) is 4.44. The molecule has 2 aromatic carbocycles. The zero-order valence-corrected chi connectivity index (χ0v) is 37.4. The molecular weight excluding hydrogens is 908 g/mol. The molecular formula is C46H50F3N11O9. The number of amides is 5. The second-order valence-corrected chi connectivity index (χ2v) is 16.3. The number of nitrogens with zero attached hydrogens (tertiary/aromatic N) is 6. The largest absolute Gasteiger partial charge is 0.444 e. The Morgan fingerprint density at radius 1 is 1.03 bits per heavy atom. The minimum Gasteiger partial charge on any atom is -0.444 e. The Kier molecular flexibility index (Phi) is 16.1. The van der Waals surface area contributed by atoms with Crippen LogP contribution in [0.15, 0.2) is 77.7 Å². The first-order chi connectivity index (χ1) is 33.2. The number of aldehydes is 1. The lowest BCUT2D eigenvalue weighted by molar-refractivity contribution is -0.136. The minimum absolute atomic E-state index is 0.00841. The molecule has 0 radical (unpaired) electrons. The van der Waals surface area contributed by atoms with E-state index in [1.165, 1.54) is 47.2 Å². The molecule has 2 aliphatic rings. The first-order valence-corrected chi connectivity index (χ1v) is 22.0. The van der Waals surface area contributed by atoms with Gasteiger partial charge in [-0.05, 0) is 67.8 Å². The van der Waals surface area contributed by atoms with Crippen LogP contribution >= 0.6 is 0 Å². The number of rotatable bonds is 21. The van der Waals surface area contributed by atoms with Crippen LogP contribution in [0.1, 0.15) is 79.4 Å². The first kappa shape index (κ1) is 49.4. The molecule has 0 bridgehead atoms. The highest BCUT2D eigenvalue weighted by molar-refractivity contribution is 6.08. The zero-order valence-electron chi connectivity index (χ0n) is 37.4. The van der Waals surface area contributed by atoms with Crippen molar-refractivity contribution < 1.29 is 55.8 Å². The molecule has 69 heavy (non-hydrogen) atoms. The summed E-state index contributed by atoms with van der Waals surface area (Å²) in [6.45, 7) is 2.34. The molecule has 2 aliphatic heterocycles.